The van der Waals surface area contributed by atoms with E-state index in [4.69, 9.17) is 19.6 Å². The first-order chi connectivity index (χ1) is 14.3. The van der Waals surface area contributed by atoms with E-state index in [1.807, 2.05) is 24.3 Å². The summed E-state index contributed by atoms with van der Waals surface area (Å²) in [6.07, 6.45) is 1.56. The number of nitrogens with two attached hydrogens (primary N) is 1. The van der Waals surface area contributed by atoms with Gasteiger partial charge in [-0.25, -0.2) is 5.06 Å². The van der Waals surface area contributed by atoms with Gasteiger partial charge in [0, 0.05) is 12.7 Å². The Kier molecular flexibility index (Phi) is 8.86. The molecule has 0 spiro atoms. The van der Waals surface area contributed by atoms with E-state index in [1.54, 1.807) is 13.8 Å². The van der Waals surface area contributed by atoms with Gasteiger partial charge >= 0.3 is 7.60 Å². The number of nitrogens with zero attached hydrogens (tertiary/aromatic N) is 1. The molecule has 2 aliphatic carbocycles. The second-order valence-corrected chi connectivity index (χ2v) is 8.92. The normalized spacial score (nSPS) is 11.8. The Labute approximate surface area is 179 Å². The molecule has 2 N–H and O–H groups in total. The first kappa shape index (κ1) is 24.4. The van der Waals surface area contributed by atoms with Crippen molar-refractivity contribution in [3.8, 4) is 11.1 Å². The molecule has 0 unspecified atom stereocenters. The highest BCUT2D eigenvalue weighted by molar-refractivity contribution is 7.53. The minimum absolute atomic E-state index is 0.153. The maximum Gasteiger partial charge on any atom is 0.358 e. The molecule has 0 aliphatic heterocycles. The van der Waals surface area contributed by atoms with E-state index in [9.17, 15) is 9.36 Å². The quantitative estimate of drug-likeness (QED) is 0.407. The molecular formula is C22H33N2O5P. The van der Waals surface area contributed by atoms with Crippen LogP contribution in [0.15, 0.2) is 24.3 Å². The highest BCUT2D eigenvalue weighted by Gasteiger charge is 2.26. The zero-order valence-electron chi connectivity index (χ0n) is 18.6. The Hall–Kier alpha value is -1.92. The third-order valence-electron chi connectivity index (χ3n) is 4.99. The minimum atomic E-state index is -3.38. The number of carbonyl (C=O) groups is 1. The molecule has 2 aliphatic rings. The van der Waals surface area contributed by atoms with Gasteiger partial charge in [0.25, 0.3) is 0 Å². The molecule has 7 nitrogen and oxygen atoms in total. The largest absolute Gasteiger partial charge is 0.398 e. The lowest BCUT2D eigenvalue weighted by molar-refractivity contribution is -0.172. The summed E-state index contributed by atoms with van der Waals surface area (Å²) in [5, 5.41) is 1.09. The van der Waals surface area contributed by atoms with Crippen LogP contribution in [0.2, 0.25) is 0 Å². The number of nitrogen functional groups attached to an aromatic ring is 1. The van der Waals surface area contributed by atoms with Crippen molar-refractivity contribution in [2.75, 3.05) is 32.3 Å². The molecule has 0 bridgehead atoms. The molecule has 0 fully saturated rings. The molecule has 0 radical (unpaired) electrons. The summed E-state index contributed by atoms with van der Waals surface area (Å²) >= 11 is 0. The molecule has 0 aromatic carbocycles. The first-order valence-electron chi connectivity index (χ1n) is 10.4. The van der Waals surface area contributed by atoms with Crippen molar-refractivity contribution in [3.05, 3.63) is 41.0 Å². The van der Waals surface area contributed by atoms with Crippen molar-refractivity contribution < 1.29 is 23.2 Å². The number of carbonyl (C=O) groups excluding carboxylic acids is 1. The van der Waals surface area contributed by atoms with E-state index in [0.29, 0.717) is 0 Å². The summed E-state index contributed by atoms with van der Waals surface area (Å²) < 4.78 is 22.8. The summed E-state index contributed by atoms with van der Waals surface area (Å²) in [5.74, 6) is -0.258. The zero-order chi connectivity index (χ0) is 22.3. The van der Waals surface area contributed by atoms with Gasteiger partial charge in [-0.3, -0.25) is 14.2 Å². The topological polar surface area (TPSA) is 91.1 Å². The van der Waals surface area contributed by atoms with Crippen LogP contribution >= 0.6 is 7.60 Å². The average Bonchev–Trinajstić information content (AvgIpc) is 2.82. The SMILES string of the molecule is CCOP(=O)(CON(C)C(=O)Cc1ccc2c(CC)c(N)c(CC)c-2cc1)OCC. The van der Waals surface area contributed by atoms with Crippen LogP contribution in [0.1, 0.15) is 44.4 Å². The molecule has 166 valence electrons. The van der Waals surface area contributed by atoms with Crippen LogP contribution in [0.4, 0.5) is 5.69 Å². The number of hydroxylamine groups is 2. The molecule has 2 rings (SSSR count). The highest BCUT2D eigenvalue weighted by Crippen LogP contribution is 2.48. The van der Waals surface area contributed by atoms with Gasteiger partial charge in [-0.05, 0) is 54.5 Å². The number of rotatable bonds is 11. The Bertz CT molecular complexity index is 834. The lowest BCUT2D eigenvalue weighted by Crippen LogP contribution is -2.29. The second kappa shape index (κ2) is 10.9. The monoisotopic (exact) mass is 436 g/mol. The van der Waals surface area contributed by atoms with Gasteiger partial charge in [0.15, 0.2) is 6.35 Å². The van der Waals surface area contributed by atoms with Gasteiger partial charge in [-0.15, -0.1) is 0 Å². The maximum absolute atomic E-state index is 12.6. The van der Waals surface area contributed by atoms with Crippen molar-refractivity contribution in [3.63, 3.8) is 0 Å². The fourth-order valence-electron chi connectivity index (χ4n) is 3.51. The Morgan fingerprint density at radius 1 is 0.967 bits per heavy atom. The van der Waals surface area contributed by atoms with E-state index in [2.05, 4.69) is 13.8 Å². The Balaban J connectivity index is 2.13. The molecular weight excluding hydrogens is 403 g/mol. The van der Waals surface area contributed by atoms with Gasteiger partial charge in [-0.1, -0.05) is 38.1 Å². The fraction of sp³-hybridized carbons (Fsp3) is 0.500. The number of hydrogen-bond acceptors (Lipinski definition) is 6. The summed E-state index contributed by atoms with van der Waals surface area (Å²) in [6, 6.07) is 7.95. The summed E-state index contributed by atoms with van der Waals surface area (Å²) in [5.41, 5.74) is 12.6. The number of amides is 1. The minimum Gasteiger partial charge on any atom is -0.398 e. The summed E-state index contributed by atoms with van der Waals surface area (Å²) in [4.78, 5) is 18.0. The molecule has 0 aromatic rings. The van der Waals surface area contributed by atoms with E-state index in [0.717, 1.165) is 51.4 Å². The zero-order valence-corrected chi connectivity index (χ0v) is 19.5. The van der Waals surface area contributed by atoms with Crippen molar-refractivity contribution >= 4 is 19.2 Å². The number of fused-ring (bicyclic) bond motifs is 1. The van der Waals surface area contributed by atoms with Crippen LogP contribution in [0.25, 0.3) is 11.1 Å². The highest BCUT2D eigenvalue weighted by atomic mass is 31.2. The lowest BCUT2D eigenvalue weighted by atomic mass is 10.1. The van der Waals surface area contributed by atoms with Crippen LogP contribution in [0, 0.1) is 0 Å². The predicted octanol–water partition coefficient (Wildman–Crippen LogP) is 4.65. The van der Waals surface area contributed by atoms with E-state index >= 15 is 0 Å². The van der Waals surface area contributed by atoms with Crippen LogP contribution in [0.3, 0.4) is 0 Å². The molecule has 0 saturated carbocycles. The lowest BCUT2D eigenvalue weighted by Gasteiger charge is -2.21. The Morgan fingerprint density at radius 2 is 1.47 bits per heavy atom. The van der Waals surface area contributed by atoms with Gasteiger partial charge in [-0.2, -0.15) is 0 Å². The fourth-order valence-corrected chi connectivity index (χ4v) is 4.84. The van der Waals surface area contributed by atoms with Crippen molar-refractivity contribution in [2.24, 2.45) is 0 Å². The standard InChI is InChI=1S/C22H33N2O5P/c1-6-17-19-12-10-16(11-13-20(19)18(7-2)22(17)23)14-21(25)24(5)27-15-30(26,28-8-3)29-9-4/h10-13H,6-9,14-15,23H2,1-5H3. The van der Waals surface area contributed by atoms with E-state index in [-0.39, 0.29) is 31.9 Å². The van der Waals surface area contributed by atoms with Gasteiger partial charge < -0.3 is 14.8 Å². The van der Waals surface area contributed by atoms with Crippen molar-refractivity contribution in [1.82, 2.24) is 5.06 Å². The molecule has 30 heavy (non-hydrogen) atoms. The van der Waals surface area contributed by atoms with Crippen LogP contribution in [-0.4, -0.2) is 37.6 Å². The van der Waals surface area contributed by atoms with Gasteiger partial charge in [0.2, 0.25) is 5.91 Å². The maximum atomic E-state index is 12.6. The Morgan fingerprint density at radius 3 is 1.90 bits per heavy atom. The van der Waals surface area contributed by atoms with Crippen molar-refractivity contribution in [2.45, 2.75) is 47.0 Å². The number of anilines is 1. The number of likely N-dealkylation sites (N-methyl/N-ethyl adjacent to an activating group) is 1. The second-order valence-electron chi connectivity index (χ2n) is 6.92. The van der Waals surface area contributed by atoms with E-state index < -0.39 is 7.60 Å². The first-order valence-corrected chi connectivity index (χ1v) is 12.1. The van der Waals surface area contributed by atoms with Gasteiger partial charge in [0.05, 0.1) is 19.6 Å². The molecule has 0 saturated heterocycles. The molecule has 1 amide bonds. The molecule has 0 heterocycles. The average molecular weight is 436 g/mol. The van der Waals surface area contributed by atoms with Crippen LogP contribution < -0.4 is 5.73 Å². The molecule has 0 atom stereocenters. The smallest absolute Gasteiger partial charge is 0.358 e. The predicted molar refractivity (Wildman–Crippen MR) is 120 cm³/mol. The van der Waals surface area contributed by atoms with Gasteiger partial charge in [0.1, 0.15) is 0 Å². The summed E-state index contributed by atoms with van der Waals surface area (Å²) in [7, 11) is -1.88. The third-order valence-corrected chi connectivity index (χ3v) is 6.73. The molecule has 0 aromatic heterocycles. The van der Waals surface area contributed by atoms with Crippen LogP contribution in [0.5, 0.6) is 0 Å². The van der Waals surface area contributed by atoms with Crippen molar-refractivity contribution in [1.29, 1.82) is 0 Å². The summed E-state index contributed by atoms with van der Waals surface area (Å²) in [6.45, 7) is 8.11. The molecule has 8 heteroatoms. The van der Waals surface area contributed by atoms with E-state index in [1.165, 1.54) is 7.05 Å². The number of hydrogen-bond donors (Lipinski definition) is 1. The van der Waals surface area contributed by atoms with Crippen LogP contribution in [-0.2, 0) is 42.5 Å². The third kappa shape index (κ3) is 5.61.